The van der Waals surface area contributed by atoms with E-state index in [1.165, 1.54) is 0 Å². The molecular formula is C12H22N4O. The third-order valence-corrected chi connectivity index (χ3v) is 2.69. The van der Waals surface area contributed by atoms with Crippen LogP contribution in [-0.2, 0) is 0 Å². The molecule has 17 heavy (non-hydrogen) atoms. The van der Waals surface area contributed by atoms with Crippen molar-refractivity contribution in [3.8, 4) is 0 Å². The number of nitrogens with one attached hydrogen (secondary N) is 2. The third kappa shape index (κ3) is 3.56. The van der Waals surface area contributed by atoms with Crippen molar-refractivity contribution in [1.82, 2.24) is 9.97 Å². The van der Waals surface area contributed by atoms with Gasteiger partial charge in [-0.2, -0.15) is 0 Å². The van der Waals surface area contributed by atoms with E-state index in [1.54, 1.807) is 0 Å². The summed E-state index contributed by atoms with van der Waals surface area (Å²) in [5, 5.41) is 15.4. The summed E-state index contributed by atoms with van der Waals surface area (Å²) in [4.78, 5) is 8.72. The van der Waals surface area contributed by atoms with Gasteiger partial charge in [0, 0.05) is 24.8 Å². The van der Waals surface area contributed by atoms with E-state index >= 15 is 0 Å². The quantitative estimate of drug-likeness (QED) is 0.728. The molecule has 96 valence electrons. The maximum absolute atomic E-state index is 9.02. The highest BCUT2D eigenvalue weighted by molar-refractivity contribution is 5.57. The van der Waals surface area contributed by atoms with Gasteiger partial charge in [0.1, 0.15) is 17.5 Å². The van der Waals surface area contributed by atoms with E-state index in [1.807, 2.05) is 34.7 Å². The number of aliphatic hydroxyl groups is 1. The van der Waals surface area contributed by atoms with E-state index in [0.717, 1.165) is 23.0 Å². The fraction of sp³-hybridized carbons (Fsp3) is 0.667. The van der Waals surface area contributed by atoms with E-state index in [-0.39, 0.29) is 12.1 Å². The molecule has 0 unspecified atom stereocenters. The van der Waals surface area contributed by atoms with Crippen LogP contribution in [0.5, 0.6) is 0 Å². The highest BCUT2D eigenvalue weighted by Gasteiger charge is 2.19. The smallest absolute Gasteiger partial charge is 0.135 e. The number of nitrogens with zero attached hydrogens (tertiary/aromatic N) is 2. The van der Waals surface area contributed by atoms with Crippen molar-refractivity contribution in [2.75, 3.05) is 24.3 Å². The number of aliphatic hydroxyl groups excluding tert-OH is 1. The number of aromatic nitrogens is 2. The second-order valence-electron chi connectivity index (χ2n) is 4.83. The molecule has 1 heterocycles. The Morgan fingerprint density at radius 2 is 1.76 bits per heavy atom. The molecule has 0 atom stereocenters. The highest BCUT2D eigenvalue weighted by atomic mass is 16.3. The van der Waals surface area contributed by atoms with Gasteiger partial charge in [-0.05, 0) is 34.1 Å². The highest BCUT2D eigenvalue weighted by Crippen LogP contribution is 2.23. The zero-order valence-electron chi connectivity index (χ0n) is 11.3. The minimum atomic E-state index is -0.189. The lowest BCUT2D eigenvalue weighted by atomic mass is 10.0. The van der Waals surface area contributed by atoms with E-state index in [9.17, 15) is 0 Å². The van der Waals surface area contributed by atoms with Crippen molar-refractivity contribution in [3.05, 3.63) is 11.4 Å². The van der Waals surface area contributed by atoms with Crippen LogP contribution in [0.25, 0.3) is 0 Å². The summed E-state index contributed by atoms with van der Waals surface area (Å²) in [7, 11) is 1.84. The van der Waals surface area contributed by atoms with Gasteiger partial charge in [-0.1, -0.05) is 0 Å². The second-order valence-corrected chi connectivity index (χ2v) is 4.83. The van der Waals surface area contributed by atoms with Gasteiger partial charge < -0.3 is 15.7 Å². The maximum atomic E-state index is 9.02. The predicted octanol–water partition coefficient (Wildman–Crippen LogP) is 1.71. The van der Waals surface area contributed by atoms with Crippen molar-refractivity contribution < 1.29 is 5.11 Å². The molecule has 0 aliphatic rings. The first-order valence-corrected chi connectivity index (χ1v) is 5.81. The average Bonchev–Trinajstić information content (AvgIpc) is 2.22. The Balaban J connectivity index is 3.02. The monoisotopic (exact) mass is 238 g/mol. The van der Waals surface area contributed by atoms with Crippen LogP contribution in [0.3, 0.4) is 0 Å². The predicted molar refractivity (Wildman–Crippen MR) is 70.5 cm³/mol. The summed E-state index contributed by atoms with van der Waals surface area (Å²) in [6, 6.07) is 0. The summed E-state index contributed by atoms with van der Waals surface area (Å²) in [5.74, 6) is 2.38. The van der Waals surface area contributed by atoms with Crippen molar-refractivity contribution in [3.63, 3.8) is 0 Å². The number of hydrogen-bond acceptors (Lipinski definition) is 5. The molecule has 0 amide bonds. The summed E-state index contributed by atoms with van der Waals surface area (Å²) in [5.41, 5.74) is 0.801. The first kappa shape index (κ1) is 13.7. The lowest BCUT2D eigenvalue weighted by Gasteiger charge is -2.27. The molecular weight excluding hydrogens is 216 g/mol. The lowest BCUT2D eigenvalue weighted by Crippen LogP contribution is -2.33. The molecule has 0 bridgehead atoms. The van der Waals surface area contributed by atoms with Gasteiger partial charge in [0.05, 0.1) is 0 Å². The first-order valence-electron chi connectivity index (χ1n) is 5.81. The summed E-state index contributed by atoms with van der Waals surface area (Å²) in [6.07, 6.45) is 0.671. The van der Waals surface area contributed by atoms with Crippen molar-refractivity contribution in [1.29, 1.82) is 0 Å². The Morgan fingerprint density at radius 1 is 1.18 bits per heavy atom. The van der Waals surface area contributed by atoms with Gasteiger partial charge in [0.15, 0.2) is 0 Å². The van der Waals surface area contributed by atoms with Crippen LogP contribution in [0.2, 0.25) is 0 Å². The molecule has 1 rings (SSSR count). The topological polar surface area (TPSA) is 70.1 Å². The molecule has 0 fully saturated rings. The van der Waals surface area contributed by atoms with Crippen LogP contribution < -0.4 is 10.6 Å². The normalized spacial score (nSPS) is 11.4. The molecule has 0 aliphatic heterocycles. The Bertz CT molecular complexity index is 390. The summed E-state index contributed by atoms with van der Waals surface area (Å²) >= 11 is 0. The van der Waals surface area contributed by atoms with Gasteiger partial charge in [0.25, 0.3) is 0 Å². The number of rotatable bonds is 5. The van der Waals surface area contributed by atoms with E-state index < -0.39 is 0 Å². The van der Waals surface area contributed by atoms with Gasteiger partial charge in [-0.15, -0.1) is 0 Å². The number of hydrogen-bond donors (Lipinski definition) is 3. The molecule has 0 radical (unpaired) electrons. The lowest BCUT2D eigenvalue weighted by molar-refractivity contribution is 0.260. The van der Waals surface area contributed by atoms with Gasteiger partial charge in [-0.25, -0.2) is 9.97 Å². The maximum Gasteiger partial charge on any atom is 0.135 e. The van der Waals surface area contributed by atoms with Crippen LogP contribution in [0, 0.1) is 13.8 Å². The van der Waals surface area contributed by atoms with E-state index in [4.69, 9.17) is 5.11 Å². The van der Waals surface area contributed by atoms with Gasteiger partial charge in [-0.3, -0.25) is 0 Å². The Hall–Kier alpha value is -1.36. The van der Waals surface area contributed by atoms with Crippen molar-refractivity contribution >= 4 is 11.6 Å². The first-order chi connectivity index (χ1) is 7.89. The molecule has 0 spiro atoms. The fourth-order valence-electron chi connectivity index (χ4n) is 1.66. The van der Waals surface area contributed by atoms with Gasteiger partial charge >= 0.3 is 0 Å². The van der Waals surface area contributed by atoms with E-state index in [2.05, 4.69) is 20.6 Å². The third-order valence-electron chi connectivity index (χ3n) is 2.69. The van der Waals surface area contributed by atoms with Crippen molar-refractivity contribution in [2.24, 2.45) is 0 Å². The zero-order chi connectivity index (χ0) is 13.1. The average molecular weight is 238 g/mol. The van der Waals surface area contributed by atoms with Crippen LogP contribution in [0.1, 0.15) is 31.7 Å². The molecule has 0 aromatic carbocycles. The molecule has 1 aromatic heterocycles. The zero-order valence-corrected chi connectivity index (χ0v) is 11.3. The molecule has 5 nitrogen and oxygen atoms in total. The van der Waals surface area contributed by atoms with Crippen LogP contribution in [0.4, 0.5) is 11.6 Å². The second kappa shape index (κ2) is 5.31. The minimum absolute atomic E-state index is 0.155. The SMILES string of the molecule is CNc1nc(C)nc(NC(C)(C)CCO)c1C. The summed E-state index contributed by atoms with van der Waals surface area (Å²) < 4.78 is 0. The standard InChI is InChI=1S/C12H22N4O/c1-8-10(13-5)14-9(2)15-11(8)16-12(3,4)6-7-17/h17H,6-7H2,1-5H3,(H2,13,14,15,16). The minimum Gasteiger partial charge on any atom is -0.396 e. The molecule has 0 saturated carbocycles. The Labute approximate surface area is 103 Å². The van der Waals surface area contributed by atoms with Crippen LogP contribution in [-0.4, -0.2) is 34.3 Å². The summed E-state index contributed by atoms with van der Waals surface area (Å²) in [6.45, 7) is 8.08. The molecule has 1 aromatic rings. The molecule has 0 aliphatic carbocycles. The fourth-order valence-corrected chi connectivity index (χ4v) is 1.66. The largest absolute Gasteiger partial charge is 0.396 e. The Morgan fingerprint density at radius 3 is 2.29 bits per heavy atom. The molecule has 5 heteroatoms. The Kier molecular flexibility index (Phi) is 4.28. The number of anilines is 2. The number of aryl methyl sites for hydroxylation is 1. The van der Waals surface area contributed by atoms with Gasteiger partial charge in [0.2, 0.25) is 0 Å². The van der Waals surface area contributed by atoms with E-state index in [0.29, 0.717) is 6.42 Å². The van der Waals surface area contributed by atoms with Crippen LogP contribution >= 0.6 is 0 Å². The molecule has 3 N–H and O–H groups in total. The molecule has 0 saturated heterocycles. The van der Waals surface area contributed by atoms with Crippen molar-refractivity contribution in [2.45, 2.75) is 39.7 Å². The van der Waals surface area contributed by atoms with Crippen LogP contribution in [0.15, 0.2) is 0 Å².